The molecule has 5 aromatic rings. The second kappa shape index (κ2) is 7.64. The van der Waals surface area contributed by atoms with Crippen molar-refractivity contribution in [1.29, 1.82) is 0 Å². The number of benzene rings is 3. The van der Waals surface area contributed by atoms with Crippen molar-refractivity contribution in [3.05, 3.63) is 106 Å². The Hall–Kier alpha value is -3.72. The molecule has 4 unspecified atom stereocenters. The molecule has 3 heterocycles. The topological polar surface area (TPSA) is 29.5 Å². The van der Waals surface area contributed by atoms with Gasteiger partial charge >= 0.3 is 0 Å². The predicted octanol–water partition coefficient (Wildman–Crippen LogP) is 9.36. The number of nitrogens with zero attached hydrogens (tertiary/aromatic N) is 1. The van der Waals surface area contributed by atoms with Crippen molar-refractivity contribution in [1.82, 2.24) is 0 Å². The normalized spacial score (nSPS) is 24.1. The van der Waals surface area contributed by atoms with Gasteiger partial charge in [-0.3, -0.25) is 0 Å². The van der Waals surface area contributed by atoms with Crippen LogP contribution in [0.25, 0.3) is 28.0 Å². The summed E-state index contributed by atoms with van der Waals surface area (Å²) < 4.78 is 13.4. The van der Waals surface area contributed by atoms with Crippen LogP contribution in [-0.2, 0) is 6.42 Å². The van der Waals surface area contributed by atoms with E-state index in [9.17, 15) is 0 Å². The first-order chi connectivity index (χ1) is 18.1. The standard InChI is InChI=1S/C34H31NO2/c1-19-16-18-27(34-30(19)25-10-5-7-13-29(25)37-34)35-26-12-6-4-9-22(26)21(3)32(35)31-20(2)15-17-24-23-11-8-14-28(23)36-33(24)31/h4-13,15,17,19,21,27,32H,14,16,18H2,1-3H3. The second-order valence-corrected chi connectivity index (χ2v) is 11.3. The van der Waals surface area contributed by atoms with E-state index in [4.69, 9.17) is 8.83 Å². The Morgan fingerprint density at radius 2 is 1.68 bits per heavy atom. The van der Waals surface area contributed by atoms with Crippen LogP contribution in [0.2, 0.25) is 0 Å². The van der Waals surface area contributed by atoms with Crippen LogP contribution in [-0.4, -0.2) is 0 Å². The average molecular weight is 486 g/mol. The lowest BCUT2D eigenvalue weighted by Crippen LogP contribution is -2.33. The molecule has 4 atom stereocenters. The van der Waals surface area contributed by atoms with Crippen LogP contribution in [0.15, 0.2) is 75.6 Å². The third-order valence-corrected chi connectivity index (χ3v) is 9.26. The largest absolute Gasteiger partial charge is 0.460 e. The maximum Gasteiger partial charge on any atom is 0.140 e. The van der Waals surface area contributed by atoms with Gasteiger partial charge < -0.3 is 13.7 Å². The lowest BCUT2D eigenvalue weighted by atomic mass is 9.82. The highest BCUT2D eigenvalue weighted by Gasteiger charge is 2.45. The van der Waals surface area contributed by atoms with Gasteiger partial charge in [0, 0.05) is 45.5 Å². The molecule has 1 aliphatic heterocycles. The summed E-state index contributed by atoms with van der Waals surface area (Å²) in [7, 11) is 0. The molecule has 0 fully saturated rings. The quantitative estimate of drug-likeness (QED) is 0.249. The van der Waals surface area contributed by atoms with Crippen molar-refractivity contribution in [3.63, 3.8) is 0 Å². The van der Waals surface area contributed by atoms with E-state index in [0.717, 1.165) is 41.9 Å². The number of hydrogen-bond acceptors (Lipinski definition) is 3. The summed E-state index contributed by atoms with van der Waals surface area (Å²) in [5, 5.41) is 2.52. The van der Waals surface area contributed by atoms with Crippen molar-refractivity contribution in [3.8, 4) is 0 Å². The maximum atomic E-state index is 6.71. The van der Waals surface area contributed by atoms with Gasteiger partial charge in [0.05, 0.1) is 12.1 Å². The van der Waals surface area contributed by atoms with Gasteiger partial charge in [-0.25, -0.2) is 0 Å². The number of anilines is 1. The highest BCUT2D eigenvalue weighted by molar-refractivity contribution is 5.93. The fourth-order valence-corrected chi connectivity index (χ4v) is 7.54. The molecule has 184 valence electrons. The van der Waals surface area contributed by atoms with Gasteiger partial charge in [-0.15, -0.1) is 0 Å². The maximum absolute atomic E-state index is 6.71. The Bertz CT molecular complexity index is 1730. The molecule has 8 rings (SSSR count). The minimum atomic E-state index is 0.177. The van der Waals surface area contributed by atoms with Gasteiger partial charge in [0.1, 0.15) is 22.7 Å². The molecule has 0 radical (unpaired) electrons. The summed E-state index contributed by atoms with van der Waals surface area (Å²) in [5.41, 5.74) is 10.1. The molecule has 37 heavy (non-hydrogen) atoms. The van der Waals surface area contributed by atoms with Crippen molar-refractivity contribution < 1.29 is 8.83 Å². The molecule has 0 N–H and O–H groups in total. The van der Waals surface area contributed by atoms with E-state index in [0.29, 0.717) is 11.8 Å². The van der Waals surface area contributed by atoms with Crippen LogP contribution in [0.1, 0.15) is 89.9 Å². The molecule has 0 spiro atoms. The molecule has 2 aromatic heterocycles. The van der Waals surface area contributed by atoms with Crippen LogP contribution < -0.4 is 4.90 Å². The molecular weight excluding hydrogens is 454 g/mol. The highest BCUT2D eigenvalue weighted by Crippen LogP contribution is 2.57. The van der Waals surface area contributed by atoms with Crippen LogP contribution in [0.3, 0.4) is 0 Å². The summed E-state index contributed by atoms with van der Waals surface area (Å²) in [4.78, 5) is 2.69. The van der Waals surface area contributed by atoms with E-state index >= 15 is 0 Å². The van der Waals surface area contributed by atoms with E-state index in [1.807, 2.05) is 0 Å². The van der Waals surface area contributed by atoms with Crippen LogP contribution >= 0.6 is 0 Å². The van der Waals surface area contributed by atoms with Gasteiger partial charge in [0.15, 0.2) is 0 Å². The van der Waals surface area contributed by atoms with E-state index < -0.39 is 0 Å². The lowest BCUT2D eigenvalue weighted by molar-refractivity contribution is 0.374. The Labute approximate surface area is 217 Å². The van der Waals surface area contributed by atoms with Crippen molar-refractivity contribution in [2.75, 3.05) is 4.90 Å². The van der Waals surface area contributed by atoms with Crippen molar-refractivity contribution in [2.45, 2.75) is 64.0 Å². The second-order valence-electron chi connectivity index (χ2n) is 11.3. The van der Waals surface area contributed by atoms with Gasteiger partial charge in [0.25, 0.3) is 0 Å². The molecule has 0 amide bonds. The first kappa shape index (κ1) is 21.4. The Balaban J connectivity index is 1.38. The Morgan fingerprint density at radius 1 is 0.838 bits per heavy atom. The number of allylic oxidation sites excluding steroid dienone is 1. The lowest BCUT2D eigenvalue weighted by Gasteiger charge is -2.40. The van der Waals surface area contributed by atoms with Crippen molar-refractivity contribution >= 4 is 33.7 Å². The summed E-state index contributed by atoms with van der Waals surface area (Å²) >= 11 is 0. The first-order valence-corrected chi connectivity index (χ1v) is 13.7. The fourth-order valence-electron chi connectivity index (χ4n) is 7.54. The van der Waals surface area contributed by atoms with E-state index in [-0.39, 0.29) is 12.1 Å². The highest BCUT2D eigenvalue weighted by atomic mass is 16.3. The third-order valence-electron chi connectivity index (χ3n) is 9.26. The zero-order valence-electron chi connectivity index (χ0n) is 21.6. The molecule has 3 nitrogen and oxygen atoms in total. The van der Waals surface area contributed by atoms with Crippen LogP contribution in [0.5, 0.6) is 0 Å². The zero-order valence-corrected chi connectivity index (χ0v) is 21.6. The summed E-state index contributed by atoms with van der Waals surface area (Å²) in [6, 6.07) is 22.5. The van der Waals surface area contributed by atoms with Gasteiger partial charge in [-0.2, -0.15) is 0 Å². The van der Waals surface area contributed by atoms with Crippen molar-refractivity contribution in [2.24, 2.45) is 0 Å². The number of furan rings is 2. The number of rotatable bonds is 2. The molecule has 0 saturated carbocycles. The fraction of sp³-hybridized carbons (Fsp3) is 0.294. The molecule has 3 aliphatic rings. The first-order valence-electron chi connectivity index (χ1n) is 13.7. The minimum Gasteiger partial charge on any atom is -0.460 e. The van der Waals surface area contributed by atoms with E-state index in [1.54, 1.807) is 0 Å². The SMILES string of the molecule is Cc1ccc2c3c(oc2c1C1C(C)c2ccccc2N1C1CCC(C)c2c1oc1ccccc21)CC=C3. The molecular formula is C34H31NO2. The molecule has 2 aliphatic carbocycles. The molecule has 3 aromatic carbocycles. The molecule has 3 heteroatoms. The number of hydrogen-bond donors (Lipinski definition) is 0. The minimum absolute atomic E-state index is 0.177. The Kier molecular flexibility index (Phi) is 4.42. The summed E-state index contributed by atoms with van der Waals surface area (Å²) in [6.07, 6.45) is 7.56. The number of fused-ring (bicyclic) bond motifs is 7. The molecule has 0 bridgehead atoms. The van der Waals surface area contributed by atoms with E-state index in [1.165, 1.54) is 44.3 Å². The summed E-state index contributed by atoms with van der Waals surface area (Å²) in [5.74, 6) is 3.09. The monoisotopic (exact) mass is 485 g/mol. The van der Waals surface area contributed by atoms with E-state index in [2.05, 4.69) is 98.5 Å². The summed E-state index contributed by atoms with van der Waals surface area (Å²) in [6.45, 7) is 7.00. The zero-order chi connectivity index (χ0) is 24.8. The average Bonchev–Trinajstić information content (AvgIpc) is 3.66. The number of aryl methyl sites for hydroxylation is 1. The number of para-hydroxylation sites is 2. The van der Waals surface area contributed by atoms with Gasteiger partial charge in [0.2, 0.25) is 0 Å². The smallest absolute Gasteiger partial charge is 0.140 e. The predicted molar refractivity (Wildman–Crippen MR) is 150 cm³/mol. The van der Waals surface area contributed by atoms with Crippen LogP contribution in [0, 0.1) is 6.92 Å². The third kappa shape index (κ3) is 2.83. The van der Waals surface area contributed by atoms with Gasteiger partial charge in [-0.05, 0) is 48.9 Å². The Morgan fingerprint density at radius 3 is 2.59 bits per heavy atom. The van der Waals surface area contributed by atoms with Gasteiger partial charge in [-0.1, -0.05) is 74.5 Å². The molecule has 0 saturated heterocycles. The van der Waals surface area contributed by atoms with Crippen LogP contribution in [0.4, 0.5) is 5.69 Å².